The SMILES string of the molecule is Cc1nnc2n1CCCC2NC(=O)NC(CO)Cc1ccccc1. The number of urea groups is 1. The summed E-state index contributed by atoms with van der Waals surface area (Å²) in [5, 5.41) is 23.6. The minimum absolute atomic E-state index is 0.109. The summed E-state index contributed by atoms with van der Waals surface area (Å²) < 4.78 is 2.04. The van der Waals surface area contributed by atoms with Gasteiger partial charge in [0.05, 0.1) is 18.7 Å². The molecule has 3 N–H and O–H groups in total. The number of amides is 2. The first-order chi connectivity index (χ1) is 11.7. The zero-order chi connectivity index (χ0) is 16.9. The second-order valence-corrected chi connectivity index (χ2v) is 6.14. The number of carbonyl (C=O) groups excluding carboxylic acids is 1. The molecule has 24 heavy (non-hydrogen) atoms. The largest absolute Gasteiger partial charge is 0.394 e. The van der Waals surface area contributed by atoms with Gasteiger partial charge in [-0.3, -0.25) is 0 Å². The van der Waals surface area contributed by atoms with Crippen molar-refractivity contribution < 1.29 is 9.90 Å². The zero-order valence-corrected chi connectivity index (χ0v) is 13.8. The molecule has 0 saturated carbocycles. The van der Waals surface area contributed by atoms with Crippen LogP contribution in [-0.2, 0) is 13.0 Å². The maximum absolute atomic E-state index is 12.3. The normalized spacial score (nSPS) is 17.8. The standard InChI is InChI=1S/C17H23N5O2/c1-12-20-21-16-15(8-5-9-22(12)16)19-17(24)18-14(11-23)10-13-6-3-2-4-7-13/h2-4,6-7,14-15,23H,5,8-11H2,1H3,(H2,18,19,24). The summed E-state index contributed by atoms with van der Waals surface area (Å²) in [7, 11) is 0. The van der Waals surface area contributed by atoms with Gasteiger partial charge >= 0.3 is 6.03 Å². The van der Waals surface area contributed by atoms with Crippen LogP contribution in [0.3, 0.4) is 0 Å². The molecule has 0 aliphatic carbocycles. The molecule has 0 saturated heterocycles. The summed E-state index contributed by atoms with van der Waals surface area (Å²) in [6.07, 6.45) is 2.41. The second kappa shape index (κ2) is 7.44. The Balaban J connectivity index is 1.59. The van der Waals surface area contributed by atoms with Gasteiger partial charge in [0.2, 0.25) is 0 Å². The molecule has 0 bridgehead atoms. The van der Waals surface area contributed by atoms with Gasteiger partial charge < -0.3 is 20.3 Å². The molecule has 1 aromatic carbocycles. The molecule has 1 aliphatic heterocycles. The van der Waals surface area contributed by atoms with Crippen LogP contribution in [0, 0.1) is 6.92 Å². The quantitative estimate of drug-likeness (QED) is 0.771. The Morgan fingerprint density at radius 1 is 1.38 bits per heavy atom. The lowest BCUT2D eigenvalue weighted by Crippen LogP contribution is -2.46. The molecule has 0 radical (unpaired) electrons. The smallest absolute Gasteiger partial charge is 0.315 e. The molecule has 0 spiro atoms. The molecule has 7 heteroatoms. The van der Waals surface area contributed by atoms with E-state index >= 15 is 0 Å². The van der Waals surface area contributed by atoms with E-state index in [0.29, 0.717) is 6.42 Å². The van der Waals surface area contributed by atoms with Gasteiger partial charge in [0, 0.05) is 6.54 Å². The fourth-order valence-corrected chi connectivity index (χ4v) is 3.10. The molecule has 3 rings (SSSR count). The molecule has 1 aromatic heterocycles. The van der Waals surface area contributed by atoms with Crippen molar-refractivity contribution in [3.63, 3.8) is 0 Å². The van der Waals surface area contributed by atoms with Crippen LogP contribution in [0.4, 0.5) is 4.79 Å². The number of nitrogens with one attached hydrogen (secondary N) is 2. The van der Waals surface area contributed by atoms with Crippen LogP contribution in [0.25, 0.3) is 0 Å². The number of hydrogen-bond donors (Lipinski definition) is 3. The predicted molar refractivity (Wildman–Crippen MR) is 89.4 cm³/mol. The Kier molecular flexibility index (Phi) is 5.10. The van der Waals surface area contributed by atoms with Crippen molar-refractivity contribution in [1.82, 2.24) is 25.4 Å². The van der Waals surface area contributed by atoms with E-state index in [1.165, 1.54) is 0 Å². The third-order valence-corrected chi connectivity index (χ3v) is 4.34. The second-order valence-electron chi connectivity index (χ2n) is 6.14. The summed E-state index contributed by atoms with van der Waals surface area (Å²) >= 11 is 0. The number of carbonyl (C=O) groups is 1. The Hall–Kier alpha value is -2.41. The number of hydrogen-bond acceptors (Lipinski definition) is 4. The lowest BCUT2D eigenvalue weighted by Gasteiger charge is -2.25. The number of benzene rings is 1. The Bertz CT molecular complexity index is 686. The first-order valence-electron chi connectivity index (χ1n) is 8.29. The van der Waals surface area contributed by atoms with Crippen molar-refractivity contribution in [3.8, 4) is 0 Å². The monoisotopic (exact) mass is 329 g/mol. The highest BCUT2D eigenvalue weighted by molar-refractivity contribution is 5.74. The van der Waals surface area contributed by atoms with Crippen LogP contribution in [0.2, 0.25) is 0 Å². The van der Waals surface area contributed by atoms with Crippen molar-refractivity contribution in [2.45, 2.75) is 44.8 Å². The van der Waals surface area contributed by atoms with Gasteiger partial charge in [-0.15, -0.1) is 10.2 Å². The maximum Gasteiger partial charge on any atom is 0.315 e. The predicted octanol–water partition coefficient (Wildman–Crippen LogP) is 1.32. The molecule has 2 aromatic rings. The maximum atomic E-state index is 12.3. The average Bonchev–Trinajstić information content (AvgIpc) is 2.97. The summed E-state index contributed by atoms with van der Waals surface area (Å²) in [5.74, 6) is 1.67. The van der Waals surface area contributed by atoms with E-state index in [9.17, 15) is 9.90 Å². The van der Waals surface area contributed by atoms with Gasteiger partial charge in [-0.25, -0.2) is 4.79 Å². The van der Waals surface area contributed by atoms with Crippen molar-refractivity contribution in [2.24, 2.45) is 0 Å². The molecule has 0 fully saturated rings. The summed E-state index contributed by atoms with van der Waals surface area (Å²) in [6, 6.07) is 9.04. The van der Waals surface area contributed by atoms with Gasteiger partial charge in [0.1, 0.15) is 5.82 Å². The van der Waals surface area contributed by atoms with Crippen LogP contribution in [-0.4, -0.2) is 38.6 Å². The third kappa shape index (κ3) is 3.73. The number of rotatable bonds is 5. The van der Waals surface area contributed by atoms with E-state index in [1.54, 1.807) is 0 Å². The minimum atomic E-state index is -0.324. The molecule has 7 nitrogen and oxygen atoms in total. The van der Waals surface area contributed by atoms with E-state index < -0.39 is 0 Å². The van der Waals surface area contributed by atoms with Crippen molar-refractivity contribution >= 4 is 6.03 Å². The number of aromatic nitrogens is 3. The average molecular weight is 329 g/mol. The molecule has 2 unspecified atom stereocenters. The van der Waals surface area contributed by atoms with Crippen LogP contribution in [0.5, 0.6) is 0 Å². The molecular formula is C17H23N5O2. The Morgan fingerprint density at radius 3 is 2.92 bits per heavy atom. The summed E-state index contributed by atoms with van der Waals surface area (Å²) in [4.78, 5) is 12.3. The topological polar surface area (TPSA) is 92.1 Å². The third-order valence-electron chi connectivity index (χ3n) is 4.34. The molecule has 2 amide bonds. The van der Waals surface area contributed by atoms with E-state index in [4.69, 9.17) is 0 Å². The van der Waals surface area contributed by atoms with Crippen LogP contribution >= 0.6 is 0 Å². The lowest BCUT2D eigenvalue weighted by atomic mass is 10.1. The Labute approximate surface area is 141 Å². The van der Waals surface area contributed by atoms with E-state index in [2.05, 4.69) is 20.8 Å². The van der Waals surface area contributed by atoms with E-state index in [1.807, 2.05) is 41.8 Å². The minimum Gasteiger partial charge on any atom is -0.394 e. The molecular weight excluding hydrogens is 306 g/mol. The molecule has 1 aliphatic rings. The molecule has 2 atom stereocenters. The molecule has 2 heterocycles. The highest BCUT2D eigenvalue weighted by atomic mass is 16.3. The highest BCUT2D eigenvalue weighted by Crippen LogP contribution is 2.23. The van der Waals surface area contributed by atoms with Gasteiger partial charge in [-0.2, -0.15) is 0 Å². The van der Waals surface area contributed by atoms with Crippen molar-refractivity contribution in [2.75, 3.05) is 6.61 Å². The number of nitrogens with zero attached hydrogens (tertiary/aromatic N) is 3. The summed E-state index contributed by atoms with van der Waals surface area (Å²) in [5.41, 5.74) is 1.07. The number of aliphatic hydroxyl groups is 1. The lowest BCUT2D eigenvalue weighted by molar-refractivity contribution is 0.210. The van der Waals surface area contributed by atoms with Gasteiger partial charge in [-0.05, 0) is 31.7 Å². The first kappa shape index (κ1) is 16.4. The van der Waals surface area contributed by atoms with E-state index in [-0.39, 0.29) is 24.7 Å². The van der Waals surface area contributed by atoms with Gasteiger partial charge in [0.15, 0.2) is 5.82 Å². The zero-order valence-electron chi connectivity index (χ0n) is 13.8. The Morgan fingerprint density at radius 2 is 2.17 bits per heavy atom. The highest BCUT2D eigenvalue weighted by Gasteiger charge is 2.26. The van der Waals surface area contributed by atoms with Crippen molar-refractivity contribution in [1.29, 1.82) is 0 Å². The van der Waals surface area contributed by atoms with Crippen LogP contribution in [0.15, 0.2) is 30.3 Å². The molecule has 128 valence electrons. The first-order valence-corrected chi connectivity index (χ1v) is 8.29. The number of fused-ring (bicyclic) bond motifs is 1. The fourth-order valence-electron chi connectivity index (χ4n) is 3.10. The van der Waals surface area contributed by atoms with Crippen LogP contribution < -0.4 is 10.6 Å². The van der Waals surface area contributed by atoms with E-state index in [0.717, 1.165) is 36.6 Å². The summed E-state index contributed by atoms with van der Waals surface area (Å²) in [6.45, 7) is 2.70. The van der Waals surface area contributed by atoms with Gasteiger partial charge in [0.25, 0.3) is 0 Å². The number of aryl methyl sites for hydroxylation is 1. The number of aliphatic hydroxyl groups excluding tert-OH is 1. The van der Waals surface area contributed by atoms with Gasteiger partial charge in [-0.1, -0.05) is 30.3 Å². The van der Waals surface area contributed by atoms with Crippen molar-refractivity contribution in [3.05, 3.63) is 47.5 Å². The van der Waals surface area contributed by atoms with Crippen LogP contribution in [0.1, 0.15) is 36.1 Å². The fraction of sp³-hybridized carbons (Fsp3) is 0.471.